The molecule has 0 atom stereocenters. The number of ether oxygens (including phenoxy) is 1. The van der Waals surface area contributed by atoms with Crippen LogP contribution >= 0.6 is 0 Å². The number of amides is 2. The number of aryl methyl sites for hydroxylation is 2. The molecule has 0 saturated heterocycles. The largest absolute Gasteiger partial charge is 0.484 e. The van der Waals surface area contributed by atoms with Crippen molar-refractivity contribution < 1.29 is 14.3 Å². The minimum Gasteiger partial charge on any atom is -0.484 e. The van der Waals surface area contributed by atoms with Gasteiger partial charge in [-0.2, -0.15) is 0 Å². The molecular formula is C22H26N2O3. The summed E-state index contributed by atoms with van der Waals surface area (Å²) < 4.78 is 5.61. The molecule has 1 saturated carbocycles. The molecule has 142 valence electrons. The number of hydrogen-bond acceptors (Lipinski definition) is 3. The van der Waals surface area contributed by atoms with Gasteiger partial charge in [-0.3, -0.25) is 9.59 Å². The summed E-state index contributed by atoms with van der Waals surface area (Å²) in [5.41, 5.74) is 3.96. The van der Waals surface area contributed by atoms with Crippen molar-refractivity contribution in [3.8, 4) is 5.75 Å². The van der Waals surface area contributed by atoms with Gasteiger partial charge in [-0.25, -0.2) is 0 Å². The van der Waals surface area contributed by atoms with Gasteiger partial charge in [0.25, 0.3) is 11.8 Å². The minimum absolute atomic E-state index is 0.000872. The highest BCUT2D eigenvalue weighted by Crippen LogP contribution is 2.19. The summed E-state index contributed by atoms with van der Waals surface area (Å²) in [5, 5.41) is 2.97. The van der Waals surface area contributed by atoms with Crippen LogP contribution in [-0.2, 0) is 11.3 Å². The van der Waals surface area contributed by atoms with E-state index in [-0.39, 0.29) is 18.4 Å². The summed E-state index contributed by atoms with van der Waals surface area (Å²) in [6, 6.07) is 13.5. The Bertz CT molecular complexity index is 826. The molecule has 2 amide bonds. The van der Waals surface area contributed by atoms with Crippen molar-refractivity contribution in [3.63, 3.8) is 0 Å². The van der Waals surface area contributed by atoms with Crippen molar-refractivity contribution >= 4 is 11.8 Å². The minimum atomic E-state index is -0.0937. The average molecular weight is 366 g/mol. The molecule has 1 fully saturated rings. The molecule has 0 aliphatic heterocycles. The molecule has 0 spiro atoms. The van der Waals surface area contributed by atoms with E-state index in [0.717, 1.165) is 24.0 Å². The molecule has 0 bridgehead atoms. The molecule has 3 rings (SSSR count). The van der Waals surface area contributed by atoms with Crippen LogP contribution in [0.15, 0.2) is 42.5 Å². The smallest absolute Gasteiger partial charge is 0.260 e. The highest BCUT2D eigenvalue weighted by atomic mass is 16.5. The lowest BCUT2D eigenvalue weighted by molar-refractivity contribution is -0.132. The number of carbonyl (C=O) groups is 2. The number of hydrogen-bond donors (Lipinski definition) is 1. The molecular weight excluding hydrogens is 340 g/mol. The first-order valence-electron chi connectivity index (χ1n) is 9.26. The van der Waals surface area contributed by atoms with E-state index in [1.54, 1.807) is 24.1 Å². The van der Waals surface area contributed by atoms with E-state index >= 15 is 0 Å². The van der Waals surface area contributed by atoms with Crippen LogP contribution in [0.2, 0.25) is 0 Å². The zero-order valence-corrected chi connectivity index (χ0v) is 16.1. The van der Waals surface area contributed by atoms with Crippen LogP contribution in [-0.4, -0.2) is 36.4 Å². The summed E-state index contributed by atoms with van der Waals surface area (Å²) in [6.07, 6.45) is 2.14. The quantitative estimate of drug-likeness (QED) is 0.818. The molecule has 0 radical (unpaired) electrons. The summed E-state index contributed by atoms with van der Waals surface area (Å²) in [4.78, 5) is 25.9. The van der Waals surface area contributed by atoms with Gasteiger partial charge >= 0.3 is 0 Å². The molecule has 5 nitrogen and oxygen atoms in total. The van der Waals surface area contributed by atoms with Gasteiger partial charge in [-0.05, 0) is 67.6 Å². The Kier molecular flexibility index (Phi) is 5.79. The SMILES string of the molecule is Cc1ccc(OCC(=O)N(C)Cc2ccc(C(=O)NC3CC3)cc2)cc1C. The zero-order chi connectivity index (χ0) is 19.4. The molecule has 0 aromatic heterocycles. The van der Waals surface area contributed by atoms with Crippen LogP contribution in [0, 0.1) is 13.8 Å². The standard InChI is InChI=1S/C22H26N2O3/c1-15-4-11-20(12-16(15)2)27-14-21(25)24(3)13-17-5-7-18(8-6-17)22(26)23-19-9-10-19/h4-8,11-12,19H,9-10,13-14H2,1-3H3,(H,23,26). The number of nitrogens with zero attached hydrogens (tertiary/aromatic N) is 1. The Morgan fingerprint density at radius 1 is 1.07 bits per heavy atom. The van der Waals surface area contributed by atoms with E-state index in [1.165, 1.54) is 5.56 Å². The highest BCUT2D eigenvalue weighted by molar-refractivity contribution is 5.94. The van der Waals surface area contributed by atoms with Crippen LogP contribution in [0.25, 0.3) is 0 Å². The van der Waals surface area contributed by atoms with E-state index in [9.17, 15) is 9.59 Å². The first-order chi connectivity index (χ1) is 12.9. The van der Waals surface area contributed by atoms with Gasteiger partial charge in [0.1, 0.15) is 5.75 Å². The molecule has 2 aromatic rings. The monoisotopic (exact) mass is 366 g/mol. The molecule has 1 N–H and O–H groups in total. The first kappa shape index (κ1) is 19.0. The van der Waals surface area contributed by atoms with Crippen molar-refractivity contribution in [3.05, 3.63) is 64.7 Å². The van der Waals surface area contributed by atoms with Gasteiger partial charge in [-0.1, -0.05) is 18.2 Å². The van der Waals surface area contributed by atoms with Crippen LogP contribution < -0.4 is 10.1 Å². The van der Waals surface area contributed by atoms with Crippen LogP contribution in [0.1, 0.15) is 39.9 Å². The van der Waals surface area contributed by atoms with Crippen LogP contribution in [0.3, 0.4) is 0 Å². The van der Waals surface area contributed by atoms with Gasteiger partial charge in [0.2, 0.25) is 0 Å². The fourth-order valence-corrected chi connectivity index (χ4v) is 2.68. The third-order valence-electron chi connectivity index (χ3n) is 4.81. The van der Waals surface area contributed by atoms with Gasteiger partial charge in [-0.15, -0.1) is 0 Å². The summed E-state index contributed by atoms with van der Waals surface area (Å²) in [6.45, 7) is 4.53. The fourth-order valence-electron chi connectivity index (χ4n) is 2.68. The number of benzene rings is 2. The Balaban J connectivity index is 1.49. The second kappa shape index (κ2) is 8.25. The average Bonchev–Trinajstić information content (AvgIpc) is 3.47. The molecule has 2 aromatic carbocycles. The molecule has 1 aliphatic carbocycles. The Hall–Kier alpha value is -2.82. The van der Waals surface area contributed by atoms with Crippen molar-refractivity contribution in [2.45, 2.75) is 39.3 Å². The molecule has 1 aliphatic rings. The third-order valence-corrected chi connectivity index (χ3v) is 4.81. The van der Waals surface area contributed by atoms with Crippen molar-refractivity contribution in [2.75, 3.05) is 13.7 Å². The lowest BCUT2D eigenvalue weighted by Gasteiger charge is -2.18. The van der Waals surface area contributed by atoms with Crippen molar-refractivity contribution in [2.24, 2.45) is 0 Å². The predicted molar refractivity (Wildman–Crippen MR) is 105 cm³/mol. The molecule has 0 heterocycles. The van der Waals surface area contributed by atoms with Gasteiger partial charge in [0.15, 0.2) is 6.61 Å². The number of rotatable bonds is 7. The Morgan fingerprint density at radius 3 is 2.41 bits per heavy atom. The lowest BCUT2D eigenvalue weighted by atomic mass is 10.1. The number of likely N-dealkylation sites (N-methyl/N-ethyl adjacent to an activating group) is 1. The van der Waals surface area contributed by atoms with Gasteiger partial charge < -0.3 is 15.0 Å². The topological polar surface area (TPSA) is 58.6 Å². The second-order valence-corrected chi connectivity index (χ2v) is 7.23. The summed E-state index contributed by atoms with van der Waals surface area (Å²) in [5.74, 6) is 0.574. The van der Waals surface area contributed by atoms with Crippen molar-refractivity contribution in [1.82, 2.24) is 10.2 Å². The summed E-state index contributed by atoms with van der Waals surface area (Å²) in [7, 11) is 1.75. The molecule has 27 heavy (non-hydrogen) atoms. The van der Waals surface area contributed by atoms with E-state index in [4.69, 9.17) is 4.74 Å². The van der Waals surface area contributed by atoms with Crippen LogP contribution in [0.5, 0.6) is 5.75 Å². The third kappa shape index (κ3) is 5.33. The number of nitrogens with one attached hydrogen (secondary N) is 1. The molecule has 0 unspecified atom stereocenters. The fraction of sp³-hybridized carbons (Fsp3) is 0.364. The maximum Gasteiger partial charge on any atom is 0.260 e. The van der Waals surface area contributed by atoms with Crippen molar-refractivity contribution in [1.29, 1.82) is 0 Å². The molecule has 5 heteroatoms. The lowest BCUT2D eigenvalue weighted by Crippen LogP contribution is -2.31. The zero-order valence-electron chi connectivity index (χ0n) is 16.1. The Labute approximate surface area is 160 Å². The second-order valence-electron chi connectivity index (χ2n) is 7.23. The highest BCUT2D eigenvalue weighted by Gasteiger charge is 2.23. The predicted octanol–water partition coefficient (Wildman–Crippen LogP) is 3.23. The Morgan fingerprint density at radius 2 is 1.78 bits per heavy atom. The van der Waals surface area contributed by atoms with Gasteiger partial charge in [0, 0.05) is 25.2 Å². The number of carbonyl (C=O) groups excluding carboxylic acids is 2. The maximum atomic E-state index is 12.3. The first-order valence-corrected chi connectivity index (χ1v) is 9.26. The van der Waals surface area contributed by atoms with E-state index in [0.29, 0.717) is 23.9 Å². The summed E-state index contributed by atoms with van der Waals surface area (Å²) >= 11 is 0. The van der Waals surface area contributed by atoms with E-state index < -0.39 is 0 Å². The maximum absolute atomic E-state index is 12.3. The van der Waals surface area contributed by atoms with Crippen LogP contribution in [0.4, 0.5) is 0 Å². The van der Waals surface area contributed by atoms with E-state index in [1.807, 2.05) is 44.2 Å². The normalized spacial score (nSPS) is 13.1. The van der Waals surface area contributed by atoms with E-state index in [2.05, 4.69) is 5.32 Å². The van der Waals surface area contributed by atoms with Gasteiger partial charge in [0.05, 0.1) is 0 Å².